The summed E-state index contributed by atoms with van der Waals surface area (Å²) in [7, 11) is 0. The highest BCUT2D eigenvalue weighted by molar-refractivity contribution is 7.12. The summed E-state index contributed by atoms with van der Waals surface area (Å²) >= 11 is 13.4. The molecule has 0 aliphatic heterocycles. The van der Waals surface area contributed by atoms with Crippen LogP contribution in [0.2, 0.25) is 10.0 Å². The second-order valence-electron chi connectivity index (χ2n) is 4.87. The summed E-state index contributed by atoms with van der Waals surface area (Å²) in [5.74, 6) is -0.141. The van der Waals surface area contributed by atoms with E-state index in [9.17, 15) is 4.79 Å². The van der Waals surface area contributed by atoms with Crippen molar-refractivity contribution < 1.29 is 4.79 Å². The van der Waals surface area contributed by atoms with Crippen LogP contribution in [0.3, 0.4) is 0 Å². The Hall–Kier alpha value is -2.01. The average Bonchev–Trinajstić information content (AvgIpc) is 2.96. The predicted octanol–water partition coefficient (Wildman–Crippen LogP) is 5.61. The Balaban J connectivity index is 1.86. The zero-order valence-corrected chi connectivity index (χ0v) is 14.2. The number of rotatable bonds is 4. The fourth-order valence-corrected chi connectivity index (χ4v) is 3.40. The van der Waals surface area contributed by atoms with Gasteiger partial charge in [-0.25, -0.2) is 0 Å². The van der Waals surface area contributed by atoms with E-state index >= 15 is 0 Å². The van der Waals surface area contributed by atoms with Crippen LogP contribution in [0.4, 0.5) is 17.1 Å². The second-order valence-corrected chi connectivity index (χ2v) is 6.62. The fraction of sp³-hybridized carbons (Fsp3) is 0. The topological polar surface area (TPSA) is 55.1 Å². The van der Waals surface area contributed by atoms with E-state index < -0.39 is 0 Å². The average molecular weight is 363 g/mol. The Morgan fingerprint density at radius 2 is 1.87 bits per heavy atom. The number of nitrogens with one attached hydrogen (secondary N) is 1. The molecule has 0 atom stereocenters. The molecule has 0 saturated carbocycles. The van der Waals surface area contributed by atoms with Gasteiger partial charge in [0.15, 0.2) is 0 Å². The van der Waals surface area contributed by atoms with Crippen LogP contribution in [-0.2, 0) is 0 Å². The summed E-state index contributed by atoms with van der Waals surface area (Å²) in [6.07, 6.45) is 0. The highest BCUT2D eigenvalue weighted by Gasteiger charge is 2.15. The summed E-state index contributed by atoms with van der Waals surface area (Å²) in [4.78, 5) is 13.0. The van der Waals surface area contributed by atoms with Gasteiger partial charge in [0.25, 0.3) is 0 Å². The standard InChI is InChI=1S/C17H12Cl2N2OS/c18-10-7-16(23-9-10)17(22)12-6-5-11(8-13(12)19)21-15-4-2-1-3-14(15)20/h1-9,21H,20H2. The Morgan fingerprint density at radius 1 is 1.09 bits per heavy atom. The molecule has 1 aromatic heterocycles. The van der Waals surface area contributed by atoms with Gasteiger partial charge in [-0.05, 0) is 36.4 Å². The van der Waals surface area contributed by atoms with Crippen molar-refractivity contribution in [3.8, 4) is 0 Å². The van der Waals surface area contributed by atoms with Gasteiger partial charge in [0.05, 0.1) is 26.3 Å². The smallest absolute Gasteiger partial charge is 0.204 e. The number of thiophene rings is 1. The molecule has 0 radical (unpaired) electrons. The van der Waals surface area contributed by atoms with E-state index in [4.69, 9.17) is 28.9 Å². The number of nitrogens with two attached hydrogens (primary N) is 1. The SMILES string of the molecule is Nc1ccccc1Nc1ccc(C(=O)c2cc(Cl)cs2)c(Cl)c1. The molecule has 0 aliphatic carbocycles. The van der Waals surface area contributed by atoms with Gasteiger partial charge < -0.3 is 11.1 Å². The van der Waals surface area contributed by atoms with Gasteiger partial charge in [0.1, 0.15) is 0 Å². The van der Waals surface area contributed by atoms with E-state index in [0.29, 0.717) is 26.2 Å². The van der Waals surface area contributed by atoms with Crippen molar-refractivity contribution in [2.75, 3.05) is 11.1 Å². The Kier molecular flexibility index (Phi) is 4.57. The number of para-hydroxylation sites is 2. The molecule has 0 bridgehead atoms. The number of carbonyl (C=O) groups is 1. The number of hydrogen-bond acceptors (Lipinski definition) is 4. The molecule has 3 nitrogen and oxygen atoms in total. The van der Waals surface area contributed by atoms with Crippen LogP contribution >= 0.6 is 34.5 Å². The molecule has 0 unspecified atom stereocenters. The van der Waals surface area contributed by atoms with Gasteiger partial charge in [-0.15, -0.1) is 11.3 Å². The summed E-state index contributed by atoms with van der Waals surface area (Å²) in [5, 5.41) is 5.83. The minimum absolute atomic E-state index is 0.141. The van der Waals surface area contributed by atoms with E-state index in [-0.39, 0.29) is 5.78 Å². The molecule has 0 fully saturated rings. The zero-order valence-electron chi connectivity index (χ0n) is 11.8. The molecule has 3 rings (SSSR count). The van der Waals surface area contributed by atoms with Crippen LogP contribution in [-0.4, -0.2) is 5.78 Å². The Bertz CT molecular complexity index is 877. The third kappa shape index (κ3) is 3.50. The molecule has 0 spiro atoms. The molecule has 23 heavy (non-hydrogen) atoms. The van der Waals surface area contributed by atoms with Crippen molar-refractivity contribution >= 4 is 57.4 Å². The highest BCUT2D eigenvalue weighted by atomic mass is 35.5. The maximum Gasteiger partial charge on any atom is 0.204 e. The van der Waals surface area contributed by atoms with Gasteiger partial charge in [-0.2, -0.15) is 0 Å². The minimum Gasteiger partial charge on any atom is -0.397 e. The van der Waals surface area contributed by atoms with Gasteiger partial charge in [0, 0.05) is 16.6 Å². The minimum atomic E-state index is -0.141. The predicted molar refractivity (Wildman–Crippen MR) is 98.4 cm³/mol. The van der Waals surface area contributed by atoms with Crippen LogP contribution in [0.15, 0.2) is 53.9 Å². The second kappa shape index (κ2) is 6.62. The lowest BCUT2D eigenvalue weighted by Gasteiger charge is -2.10. The van der Waals surface area contributed by atoms with Crippen LogP contribution in [0, 0.1) is 0 Å². The molecule has 0 amide bonds. The first-order valence-corrected chi connectivity index (χ1v) is 8.38. The van der Waals surface area contributed by atoms with Gasteiger partial charge in [0.2, 0.25) is 5.78 Å². The van der Waals surface area contributed by atoms with E-state index in [0.717, 1.165) is 11.4 Å². The Labute approximate surface area is 147 Å². The molecule has 116 valence electrons. The van der Waals surface area contributed by atoms with Crippen molar-refractivity contribution in [1.29, 1.82) is 0 Å². The fourth-order valence-electron chi connectivity index (χ4n) is 2.11. The normalized spacial score (nSPS) is 10.5. The number of carbonyl (C=O) groups excluding carboxylic acids is 1. The largest absolute Gasteiger partial charge is 0.397 e. The van der Waals surface area contributed by atoms with Gasteiger partial charge in [-0.3, -0.25) is 4.79 Å². The molecule has 1 heterocycles. The summed E-state index contributed by atoms with van der Waals surface area (Å²) in [6, 6.07) is 14.3. The summed E-state index contributed by atoms with van der Waals surface area (Å²) in [5.41, 5.74) is 8.52. The first kappa shape index (κ1) is 15.9. The quantitative estimate of drug-likeness (QED) is 0.468. The van der Waals surface area contributed by atoms with Crippen molar-refractivity contribution in [2.45, 2.75) is 0 Å². The number of halogens is 2. The molecule has 6 heteroatoms. The lowest BCUT2D eigenvalue weighted by atomic mass is 10.1. The first-order chi connectivity index (χ1) is 11.0. The van der Waals surface area contributed by atoms with Crippen molar-refractivity contribution in [3.05, 3.63) is 74.4 Å². The maximum absolute atomic E-state index is 12.4. The number of benzene rings is 2. The first-order valence-electron chi connectivity index (χ1n) is 6.74. The van der Waals surface area contributed by atoms with Crippen molar-refractivity contribution in [1.82, 2.24) is 0 Å². The highest BCUT2D eigenvalue weighted by Crippen LogP contribution is 2.29. The maximum atomic E-state index is 12.4. The van der Waals surface area contributed by atoms with E-state index in [2.05, 4.69) is 5.32 Å². The third-order valence-corrected chi connectivity index (χ3v) is 4.83. The third-order valence-electron chi connectivity index (χ3n) is 3.24. The molecule has 2 aromatic carbocycles. The molecule has 0 aliphatic rings. The molecule has 3 aromatic rings. The van der Waals surface area contributed by atoms with Crippen LogP contribution in [0.25, 0.3) is 0 Å². The number of hydrogen-bond donors (Lipinski definition) is 2. The van der Waals surface area contributed by atoms with Crippen LogP contribution in [0.5, 0.6) is 0 Å². The van der Waals surface area contributed by atoms with E-state index in [1.807, 2.05) is 24.3 Å². The van der Waals surface area contributed by atoms with Gasteiger partial charge in [-0.1, -0.05) is 35.3 Å². The molecule has 0 saturated heterocycles. The lowest BCUT2D eigenvalue weighted by molar-refractivity contribution is 0.104. The summed E-state index contributed by atoms with van der Waals surface area (Å²) < 4.78 is 0. The molecular formula is C17H12Cl2N2OS. The van der Waals surface area contributed by atoms with Gasteiger partial charge >= 0.3 is 0 Å². The lowest BCUT2D eigenvalue weighted by Crippen LogP contribution is -2.01. The van der Waals surface area contributed by atoms with E-state index in [1.54, 1.807) is 29.6 Å². The molecular weight excluding hydrogens is 351 g/mol. The monoisotopic (exact) mass is 362 g/mol. The zero-order chi connectivity index (χ0) is 16.4. The Morgan fingerprint density at radius 3 is 2.52 bits per heavy atom. The number of ketones is 1. The van der Waals surface area contributed by atoms with Crippen LogP contribution in [0.1, 0.15) is 15.2 Å². The number of anilines is 3. The summed E-state index contributed by atoms with van der Waals surface area (Å²) in [6.45, 7) is 0. The number of nitrogen functional groups attached to an aromatic ring is 1. The van der Waals surface area contributed by atoms with E-state index in [1.165, 1.54) is 11.3 Å². The molecule has 3 N–H and O–H groups in total. The van der Waals surface area contributed by atoms with Crippen molar-refractivity contribution in [2.24, 2.45) is 0 Å². The van der Waals surface area contributed by atoms with Crippen molar-refractivity contribution in [3.63, 3.8) is 0 Å². The van der Waals surface area contributed by atoms with Crippen LogP contribution < -0.4 is 11.1 Å².